The second-order valence-corrected chi connectivity index (χ2v) is 4.95. The van der Waals surface area contributed by atoms with Crippen LogP contribution < -0.4 is 0 Å². The maximum absolute atomic E-state index is 12.2. The van der Waals surface area contributed by atoms with E-state index in [4.69, 9.17) is 0 Å². The second kappa shape index (κ2) is 6.34. The zero-order valence-corrected chi connectivity index (χ0v) is 11.8. The Labute approximate surface area is 122 Å². The lowest BCUT2D eigenvalue weighted by molar-refractivity contribution is -0.385. The number of hydrogen-bond acceptors (Lipinski definition) is 4. The number of benzene rings is 1. The van der Waals surface area contributed by atoms with Gasteiger partial charge in [0.1, 0.15) is 0 Å². The Balaban J connectivity index is 2.00. The first-order valence-electron chi connectivity index (χ1n) is 6.74. The first kappa shape index (κ1) is 15.0. The fourth-order valence-electron chi connectivity index (χ4n) is 2.38. The fraction of sp³-hybridized carbons (Fsp3) is 0.429. The summed E-state index contributed by atoms with van der Waals surface area (Å²) in [7, 11) is 0. The van der Waals surface area contributed by atoms with Crippen LogP contribution in [0.3, 0.4) is 0 Å². The lowest BCUT2D eigenvalue weighted by atomic mass is 10.1. The van der Waals surface area contributed by atoms with Gasteiger partial charge < -0.3 is 9.80 Å². The van der Waals surface area contributed by atoms with Gasteiger partial charge in [-0.2, -0.15) is 0 Å². The van der Waals surface area contributed by atoms with Crippen molar-refractivity contribution in [2.75, 3.05) is 26.2 Å². The van der Waals surface area contributed by atoms with Gasteiger partial charge in [0, 0.05) is 44.7 Å². The molecule has 0 radical (unpaired) electrons. The number of carbonyl (C=O) groups is 2. The van der Waals surface area contributed by atoms with E-state index in [1.165, 1.54) is 13.0 Å². The minimum absolute atomic E-state index is 0.000737. The van der Waals surface area contributed by atoms with Crippen LogP contribution in [-0.4, -0.2) is 52.7 Å². The van der Waals surface area contributed by atoms with Gasteiger partial charge in [0.05, 0.1) is 11.3 Å². The van der Waals surface area contributed by atoms with E-state index in [0.29, 0.717) is 31.7 Å². The van der Waals surface area contributed by atoms with Crippen molar-refractivity contribution in [3.05, 3.63) is 39.9 Å². The third-order valence-electron chi connectivity index (χ3n) is 3.61. The number of nitro groups is 1. The number of carbonyl (C=O) groups excluding carboxylic acids is 2. The van der Waals surface area contributed by atoms with Crippen molar-refractivity contribution in [3.63, 3.8) is 0 Å². The lowest BCUT2D eigenvalue weighted by Gasteiger charge is -2.34. The van der Waals surface area contributed by atoms with Gasteiger partial charge in [0.15, 0.2) is 0 Å². The third kappa shape index (κ3) is 3.56. The summed E-state index contributed by atoms with van der Waals surface area (Å²) in [6.45, 7) is 3.47. The Kier molecular flexibility index (Phi) is 4.52. The van der Waals surface area contributed by atoms with E-state index in [-0.39, 0.29) is 23.9 Å². The molecule has 7 heteroatoms. The average Bonchev–Trinajstić information content (AvgIpc) is 2.47. The van der Waals surface area contributed by atoms with Crippen LogP contribution in [0.4, 0.5) is 5.69 Å². The minimum Gasteiger partial charge on any atom is -0.339 e. The van der Waals surface area contributed by atoms with Gasteiger partial charge in [-0.05, 0) is 0 Å². The Hall–Kier alpha value is -2.44. The molecule has 1 saturated heterocycles. The number of piperazine rings is 1. The summed E-state index contributed by atoms with van der Waals surface area (Å²) in [4.78, 5) is 37.2. The van der Waals surface area contributed by atoms with Crippen LogP contribution in [0.2, 0.25) is 0 Å². The largest absolute Gasteiger partial charge is 0.339 e. The van der Waals surface area contributed by atoms with Crippen LogP contribution in [0.5, 0.6) is 0 Å². The summed E-state index contributed by atoms with van der Waals surface area (Å²) in [5.74, 6) is -0.145. The van der Waals surface area contributed by atoms with Crippen molar-refractivity contribution in [1.82, 2.24) is 9.80 Å². The molecule has 0 aliphatic carbocycles. The molecule has 1 heterocycles. The van der Waals surface area contributed by atoms with Crippen molar-refractivity contribution >= 4 is 17.5 Å². The fourth-order valence-corrected chi connectivity index (χ4v) is 2.38. The number of rotatable bonds is 3. The topological polar surface area (TPSA) is 83.8 Å². The molecule has 0 unspecified atom stereocenters. The molecule has 2 amide bonds. The van der Waals surface area contributed by atoms with Gasteiger partial charge in [-0.25, -0.2) is 0 Å². The van der Waals surface area contributed by atoms with Gasteiger partial charge in [-0.15, -0.1) is 0 Å². The van der Waals surface area contributed by atoms with E-state index in [9.17, 15) is 19.7 Å². The zero-order valence-electron chi connectivity index (χ0n) is 11.8. The molecule has 1 aromatic carbocycles. The summed E-state index contributed by atoms with van der Waals surface area (Å²) in [6, 6.07) is 6.26. The van der Waals surface area contributed by atoms with Crippen LogP contribution in [0.25, 0.3) is 0 Å². The van der Waals surface area contributed by atoms with Gasteiger partial charge >= 0.3 is 0 Å². The number of para-hydroxylation sites is 1. The molecular formula is C14H17N3O4. The second-order valence-electron chi connectivity index (χ2n) is 4.95. The van der Waals surface area contributed by atoms with E-state index in [2.05, 4.69) is 0 Å². The maximum atomic E-state index is 12.2. The standard InChI is InChI=1S/C14H17N3O4/c1-11(18)15-6-8-16(9-7-15)14(19)10-12-4-2-3-5-13(12)17(20)21/h2-5H,6-10H2,1H3. The molecule has 1 aromatic rings. The van der Waals surface area contributed by atoms with Crippen LogP contribution in [0.1, 0.15) is 12.5 Å². The Bertz CT molecular complexity index is 565. The van der Waals surface area contributed by atoms with Crippen molar-refractivity contribution in [2.24, 2.45) is 0 Å². The van der Waals surface area contributed by atoms with Crippen molar-refractivity contribution < 1.29 is 14.5 Å². The highest BCUT2D eigenvalue weighted by molar-refractivity contribution is 5.80. The zero-order chi connectivity index (χ0) is 15.4. The Morgan fingerprint density at radius 1 is 1.14 bits per heavy atom. The van der Waals surface area contributed by atoms with E-state index < -0.39 is 4.92 Å². The third-order valence-corrected chi connectivity index (χ3v) is 3.61. The van der Waals surface area contributed by atoms with Crippen molar-refractivity contribution in [1.29, 1.82) is 0 Å². The molecule has 0 saturated carbocycles. The van der Waals surface area contributed by atoms with Gasteiger partial charge in [-0.1, -0.05) is 18.2 Å². The van der Waals surface area contributed by atoms with Crippen molar-refractivity contribution in [3.8, 4) is 0 Å². The van der Waals surface area contributed by atoms with Crippen LogP contribution in [0.15, 0.2) is 24.3 Å². The molecule has 1 fully saturated rings. The number of hydrogen-bond donors (Lipinski definition) is 0. The summed E-state index contributed by atoms with van der Waals surface area (Å²) in [6.07, 6.45) is 0.0111. The molecule has 0 atom stereocenters. The van der Waals surface area contributed by atoms with E-state index >= 15 is 0 Å². The summed E-state index contributed by atoms with van der Waals surface area (Å²) >= 11 is 0. The highest BCUT2D eigenvalue weighted by Gasteiger charge is 2.24. The van der Waals surface area contributed by atoms with Gasteiger partial charge in [0.2, 0.25) is 11.8 Å². The predicted octanol–water partition coefficient (Wildman–Crippen LogP) is 0.828. The molecular weight excluding hydrogens is 274 g/mol. The molecule has 1 aliphatic heterocycles. The number of nitrogens with zero attached hydrogens (tertiary/aromatic N) is 3. The summed E-state index contributed by atoms with van der Waals surface area (Å²) in [5, 5.41) is 10.9. The molecule has 1 aliphatic rings. The van der Waals surface area contributed by atoms with E-state index in [1.54, 1.807) is 28.0 Å². The first-order chi connectivity index (χ1) is 9.99. The molecule has 0 N–H and O–H groups in total. The summed E-state index contributed by atoms with van der Waals surface area (Å²) in [5.41, 5.74) is 0.384. The maximum Gasteiger partial charge on any atom is 0.273 e. The monoisotopic (exact) mass is 291 g/mol. The molecule has 7 nitrogen and oxygen atoms in total. The smallest absolute Gasteiger partial charge is 0.273 e. The molecule has 112 valence electrons. The van der Waals surface area contributed by atoms with E-state index in [0.717, 1.165) is 0 Å². The average molecular weight is 291 g/mol. The van der Waals surface area contributed by atoms with E-state index in [1.807, 2.05) is 0 Å². The quantitative estimate of drug-likeness (QED) is 0.610. The molecule has 0 aromatic heterocycles. The Morgan fingerprint density at radius 2 is 1.71 bits per heavy atom. The Morgan fingerprint density at radius 3 is 2.29 bits per heavy atom. The number of amides is 2. The highest BCUT2D eigenvalue weighted by Crippen LogP contribution is 2.19. The molecule has 0 bridgehead atoms. The van der Waals surface area contributed by atoms with Gasteiger partial charge in [0.25, 0.3) is 5.69 Å². The lowest BCUT2D eigenvalue weighted by Crippen LogP contribution is -2.50. The SMILES string of the molecule is CC(=O)N1CCN(C(=O)Cc2ccccc2[N+](=O)[O-])CC1. The van der Waals surface area contributed by atoms with Crippen LogP contribution >= 0.6 is 0 Å². The van der Waals surface area contributed by atoms with Crippen LogP contribution in [-0.2, 0) is 16.0 Å². The molecule has 21 heavy (non-hydrogen) atoms. The predicted molar refractivity (Wildman–Crippen MR) is 75.6 cm³/mol. The van der Waals surface area contributed by atoms with Gasteiger partial charge in [-0.3, -0.25) is 19.7 Å². The van der Waals surface area contributed by atoms with Crippen LogP contribution in [0, 0.1) is 10.1 Å². The van der Waals surface area contributed by atoms with Crippen molar-refractivity contribution in [2.45, 2.75) is 13.3 Å². The first-order valence-corrected chi connectivity index (χ1v) is 6.74. The number of nitro benzene ring substituents is 1. The minimum atomic E-state index is -0.476. The molecule has 0 spiro atoms. The molecule has 2 rings (SSSR count). The highest BCUT2D eigenvalue weighted by atomic mass is 16.6. The summed E-state index contributed by atoms with van der Waals surface area (Å²) < 4.78 is 0. The normalized spacial score (nSPS) is 14.9.